The summed E-state index contributed by atoms with van der Waals surface area (Å²) in [6.45, 7) is 7.70. The molecule has 0 aromatic carbocycles. The van der Waals surface area contributed by atoms with Gasteiger partial charge in [-0.05, 0) is 37.3 Å². The molecule has 112 valence electrons. The molecule has 0 spiro atoms. The van der Waals surface area contributed by atoms with Gasteiger partial charge in [0.2, 0.25) is 0 Å². The molecule has 7 heteroatoms. The van der Waals surface area contributed by atoms with E-state index in [9.17, 15) is 4.79 Å². The van der Waals surface area contributed by atoms with Crippen LogP contribution in [-0.2, 0) is 19.5 Å². The average Bonchev–Trinajstić information content (AvgIpc) is 2.86. The highest BCUT2D eigenvalue weighted by Gasteiger charge is 2.19. The van der Waals surface area contributed by atoms with Gasteiger partial charge in [-0.25, -0.2) is 0 Å². The molecule has 0 amide bonds. The first kappa shape index (κ1) is 14.2. The first-order valence-electron chi connectivity index (χ1n) is 7.27. The van der Waals surface area contributed by atoms with Gasteiger partial charge in [0.1, 0.15) is 0 Å². The summed E-state index contributed by atoms with van der Waals surface area (Å²) in [5.41, 5.74) is 2.71. The number of hydrogen-bond donors (Lipinski definition) is 2. The van der Waals surface area contributed by atoms with Crippen LogP contribution in [0.15, 0.2) is 10.9 Å². The van der Waals surface area contributed by atoms with E-state index in [2.05, 4.69) is 27.0 Å². The molecule has 0 saturated heterocycles. The van der Waals surface area contributed by atoms with Crippen LogP contribution in [0.25, 0.3) is 11.4 Å². The Morgan fingerprint density at radius 1 is 1.38 bits per heavy atom. The molecule has 2 aromatic heterocycles. The fourth-order valence-electron chi connectivity index (χ4n) is 2.82. The molecule has 2 aromatic rings. The highest BCUT2D eigenvalue weighted by molar-refractivity contribution is 7.71. The lowest BCUT2D eigenvalue weighted by Gasteiger charge is -2.27. The quantitative estimate of drug-likeness (QED) is 0.847. The molecule has 6 nitrogen and oxygen atoms in total. The predicted molar refractivity (Wildman–Crippen MR) is 83.8 cm³/mol. The molecular weight excluding hydrogens is 286 g/mol. The minimum absolute atomic E-state index is 0.0950. The lowest BCUT2D eigenvalue weighted by molar-refractivity contribution is 0.265. The van der Waals surface area contributed by atoms with E-state index < -0.39 is 0 Å². The molecule has 1 aliphatic heterocycles. The monoisotopic (exact) mass is 305 g/mol. The lowest BCUT2D eigenvalue weighted by atomic mass is 10.0. The van der Waals surface area contributed by atoms with Crippen LogP contribution in [0.1, 0.15) is 25.1 Å². The van der Waals surface area contributed by atoms with Crippen molar-refractivity contribution in [2.75, 3.05) is 13.1 Å². The average molecular weight is 305 g/mol. The van der Waals surface area contributed by atoms with Gasteiger partial charge in [-0.3, -0.25) is 14.8 Å². The number of fused-ring (bicyclic) bond motifs is 1. The first-order valence-corrected chi connectivity index (χ1v) is 7.67. The van der Waals surface area contributed by atoms with Gasteiger partial charge in [-0.1, -0.05) is 6.92 Å². The summed E-state index contributed by atoms with van der Waals surface area (Å²) in [6.07, 6.45) is 0.888. The van der Waals surface area contributed by atoms with Crippen molar-refractivity contribution < 1.29 is 0 Å². The number of rotatable bonds is 3. The van der Waals surface area contributed by atoms with Gasteiger partial charge in [-0.2, -0.15) is 5.10 Å². The third kappa shape index (κ3) is 2.47. The maximum Gasteiger partial charge on any atom is 0.259 e. The van der Waals surface area contributed by atoms with E-state index in [1.807, 2.05) is 17.6 Å². The summed E-state index contributed by atoms with van der Waals surface area (Å²) in [5, 5.41) is 6.98. The summed E-state index contributed by atoms with van der Waals surface area (Å²) < 4.78 is 2.38. The Bertz CT molecular complexity index is 772. The number of aromatic nitrogens is 4. The Morgan fingerprint density at radius 2 is 2.19 bits per heavy atom. The molecule has 3 rings (SSSR count). The van der Waals surface area contributed by atoms with Crippen molar-refractivity contribution in [3.05, 3.63) is 32.4 Å². The Hall–Kier alpha value is -1.73. The van der Waals surface area contributed by atoms with Crippen LogP contribution in [0.2, 0.25) is 0 Å². The van der Waals surface area contributed by atoms with Crippen molar-refractivity contribution >= 4 is 12.2 Å². The van der Waals surface area contributed by atoms with Gasteiger partial charge in [0.05, 0.1) is 5.56 Å². The van der Waals surface area contributed by atoms with Crippen LogP contribution in [-0.4, -0.2) is 37.7 Å². The van der Waals surface area contributed by atoms with Crippen molar-refractivity contribution in [1.82, 2.24) is 24.6 Å². The third-order valence-electron chi connectivity index (χ3n) is 4.05. The molecule has 0 aliphatic carbocycles. The summed E-state index contributed by atoms with van der Waals surface area (Å²) in [4.78, 5) is 17.7. The standard InChI is InChI=1S/C14H19N5OS/c1-3-18-6-5-11-9(8-18)7-10(13(20)15-11)12-16-17-14(21)19(12)4-2/h7H,3-6,8H2,1-2H3,(H,15,20)(H,17,21). The van der Waals surface area contributed by atoms with Crippen LogP contribution in [0.5, 0.6) is 0 Å². The summed E-state index contributed by atoms with van der Waals surface area (Å²) in [6, 6.07) is 1.97. The van der Waals surface area contributed by atoms with Crippen molar-refractivity contribution in [2.45, 2.75) is 33.4 Å². The van der Waals surface area contributed by atoms with Gasteiger partial charge >= 0.3 is 0 Å². The third-order valence-corrected chi connectivity index (χ3v) is 4.36. The molecule has 21 heavy (non-hydrogen) atoms. The van der Waals surface area contributed by atoms with E-state index in [1.165, 1.54) is 5.56 Å². The van der Waals surface area contributed by atoms with Crippen LogP contribution in [0, 0.1) is 4.77 Å². The van der Waals surface area contributed by atoms with E-state index in [0.29, 0.717) is 22.7 Å². The maximum atomic E-state index is 12.3. The lowest BCUT2D eigenvalue weighted by Crippen LogP contribution is -2.32. The topological polar surface area (TPSA) is 69.7 Å². The van der Waals surface area contributed by atoms with Gasteiger partial charge in [-0.15, -0.1) is 0 Å². The molecule has 1 aliphatic rings. The largest absolute Gasteiger partial charge is 0.325 e. The number of likely N-dealkylation sites (N-methyl/N-ethyl adjacent to an activating group) is 1. The normalized spacial score (nSPS) is 15.1. The second-order valence-electron chi connectivity index (χ2n) is 5.23. The Morgan fingerprint density at radius 3 is 2.90 bits per heavy atom. The van der Waals surface area contributed by atoms with Gasteiger partial charge in [0.15, 0.2) is 10.6 Å². The SMILES string of the molecule is CCN1CCc2[nH]c(=O)c(-c3n[nH]c(=S)n3CC)cc2C1. The maximum absolute atomic E-state index is 12.3. The summed E-state index contributed by atoms with van der Waals surface area (Å²) in [7, 11) is 0. The van der Waals surface area contributed by atoms with Crippen LogP contribution in [0.3, 0.4) is 0 Å². The van der Waals surface area contributed by atoms with E-state index in [-0.39, 0.29) is 5.56 Å². The zero-order valence-electron chi connectivity index (χ0n) is 12.3. The van der Waals surface area contributed by atoms with E-state index >= 15 is 0 Å². The number of aromatic amines is 2. The van der Waals surface area contributed by atoms with Crippen LogP contribution >= 0.6 is 12.2 Å². The van der Waals surface area contributed by atoms with E-state index in [4.69, 9.17) is 12.2 Å². The molecule has 0 fully saturated rings. The number of nitrogens with one attached hydrogen (secondary N) is 2. The molecule has 0 unspecified atom stereocenters. The van der Waals surface area contributed by atoms with Crippen LogP contribution < -0.4 is 5.56 Å². The van der Waals surface area contributed by atoms with Crippen molar-refractivity contribution in [1.29, 1.82) is 0 Å². The fourth-order valence-corrected chi connectivity index (χ4v) is 3.08. The van der Waals surface area contributed by atoms with E-state index in [0.717, 1.165) is 31.7 Å². The van der Waals surface area contributed by atoms with Crippen molar-refractivity contribution in [3.8, 4) is 11.4 Å². The highest BCUT2D eigenvalue weighted by Crippen LogP contribution is 2.20. The molecule has 0 saturated carbocycles. The Balaban J connectivity index is 2.12. The second-order valence-corrected chi connectivity index (χ2v) is 5.62. The molecular formula is C14H19N5OS. The van der Waals surface area contributed by atoms with Gasteiger partial charge < -0.3 is 9.55 Å². The molecule has 3 heterocycles. The van der Waals surface area contributed by atoms with Gasteiger partial charge in [0.25, 0.3) is 5.56 Å². The van der Waals surface area contributed by atoms with E-state index in [1.54, 1.807) is 0 Å². The number of nitrogens with zero attached hydrogens (tertiary/aromatic N) is 3. The van der Waals surface area contributed by atoms with Crippen molar-refractivity contribution in [2.24, 2.45) is 0 Å². The predicted octanol–water partition coefficient (Wildman–Crippen LogP) is 1.69. The molecule has 0 radical (unpaired) electrons. The summed E-state index contributed by atoms with van der Waals surface area (Å²) in [5.74, 6) is 0.611. The molecule has 2 N–H and O–H groups in total. The number of H-pyrrole nitrogens is 2. The minimum atomic E-state index is -0.0950. The second kappa shape index (κ2) is 5.57. The zero-order valence-corrected chi connectivity index (χ0v) is 13.1. The number of pyridine rings is 1. The zero-order chi connectivity index (χ0) is 15.0. The van der Waals surface area contributed by atoms with Crippen molar-refractivity contribution in [3.63, 3.8) is 0 Å². The smallest absolute Gasteiger partial charge is 0.259 e. The minimum Gasteiger partial charge on any atom is -0.325 e. The molecule has 0 atom stereocenters. The van der Waals surface area contributed by atoms with Gasteiger partial charge in [0, 0.05) is 31.7 Å². The number of hydrogen-bond acceptors (Lipinski definition) is 4. The highest BCUT2D eigenvalue weighted by atomic mass is 32.1. The Labute approximate surface area is 127 Å². The first-order chi connectivity index (χ1) is 10.1. The van der Waals surface area contributed by atoms with Crippen LogP contribution in [0.4, 0.5) is 0 Å². The molecule has 0 bridgehead atoms. The summed E-state index contributed by atoms with van der Waals surface area (Å²) >= 11 is 5.20. The fraction of sp³-hybridized carbons (Fsp3) is 0.500. The Kier molecular flexibility index (Phi) is 3.77.